The lowest BCUT2D eigenvalue weighted by Gasteiger charge is -2.40. The first-order chi connectivity index (χ1) is 12.2. The summed E-state index contributed by atoms with van der Waals surface area (Å²) in [5.74, 6) is 0.0393. The molecule has 2 aliphatic rings. The molecule has 2 aliphatic heterocycles. The largest absolute Gasteiger partial charge is 0.338 e. The van der Waals surface area contributed by atoms with E-state index in [4.69, 9.17) is 11.6 Å². The Morgan fingerprint density at radius 2 is 1.84 bits per heavy atom. The topological polar surface area (TPSA) is 36.4 Å². The summed E-state index contributed by atoms with van der Waals surface area (Å²) in [6.45, 7) is 3.75. The Labute approximate surface area is 153 Å². The lowest BCUT2D eigenvalue weighted by Crippen LogP contribution is -2.48. The lowest BCUT2D eigenvalue weighted by molar-refractivity contribution is 0.0599. The molecule has 0 N–H and O–H groups in total. The predicted octanol–water partition coefficient (Wildman–Crippen LogP) is 3.40. The Bertz CT molecular complexity index is 771. The first-order valence-corrected chi connectivity index (χ1v) is 9.29. The molecule has 25 heavy (non-hydrogen) atoms. The second-order valence-corrected chi connectivity index (χ2v) is 7.34. The second kappa shape index (κ2) is 7.14. The fraction of sp³-hybridized carbons (Fsp3) is 0.400. The van der Waals surface area contributed by atoms with Crippen LogP contribution in [0.3, 0.4) is 0 Å². The zero-order chi connectivity index (χ0) is 17.2. The van der Waals surface area contributed by atoms with Crippen LogP contribution in [0.15, 0.2) is 42.7 Å². The monoisotopic (exact) mass is 355 g/mol. The molecule has 4 nitrogen and oxygen atoms in total. The van der Waals surface area contributed by atoms with Crippen LogP contribution >= 0.6 is 11.6 Å². The van der Waals surface area contributed by atoms with Crippen molar-refractivity contribution in [1.82, 2.24) is 14.8 Å². The molecule has 0 atom stereocenters. The van der Waals surface area contributed by atoms with E-state index in [0.717, 1.165) is 45.4 Å². The van der Waals surface area contributed by atoms with E-state index in [-0.39, 0.29) is 5.91 Å². The standard InChI is InChI=1S/C20H22ClN3O/c21-18-11-17(12-22-13-18)20(25)23-9-6-19(7-10-23)24-8-5-15-3-1-2-4-16(15)14-24/h1-4,11-13,19H,5-10,14H2. The van der Waals surface area contributed by atoms with Gasteiger partial charge in [0.2, 0.25) is 0 Å². The molecule has 130 valence electrons. The number of hydrogen-bond donors (Lipinski definition) is 0. The van der Waals surface area contributed by atoms with Gasteiger partial charge in [-0.05, 0) is 36.5 Å². The van der Waals surface area contributed by atoms with Gasteiger partial charge in [-0.25, -0.2) is 0 Å². The lowest BCUT2D eigenvalue weighted by atomic mass is 9.95. The highest BCUT2D eigenvalue weighted by molar-refractivity contribution is 6.30. The van der Waals surface area contributed by atoms with Crippen molar-refractivity contribution in [2.24, 2.45) is 0 Å². The SMILES string of the molecule is O=C(c1cncc(Cl)c1)N1CCC(N2CCc3ccccc3C2)CC1. The maximum Gasteiger partial charge on any atom is 0.255 e. The highest BCUT2D eigenvalue weighted by Crippen LogP contribution is 2.25. The number of carbonyl (C=O) groups is 1. The number of nitrogens with zero attached hydrogens (tertiary/aromatic N) is 3. The van der Waals surface area contributed by atoms with Gasteiger partial charge in [0.05, 0.1) is 10.6 Å². The maximum atomic E-state index is 12.6. The summed E-state index contributed by atoms with van der Waals surface area (Å²) in [5, 5.41) is 0.507. The van der Waals surface area contributed by atoms with Crippen molar-refractivity contribution in [3.63, 3.8) is 0 Å². The first kappa shape index (κ1) is 16.6. The molecule has 0 unspecified atom stereocenters. The fourth-order valence-electron chi connectivity index (χ4n) is 3.97. The van der Waals surface area contributed by atoms with Gasteiger partial charge < -0.3 is 4.90 Å². The summed E-state index contributed by atoms with van der Waals surface area (Å²) in [6.07, 6.45) is 6.34. The molecular weight excluding hydrogens is 334 g/mol. The molecule has 0 bridgehead atoms. The minimum absolute atomic E-state index is 0.0393. The molecule has 0 spiro atoms. The van der Waals surface area contributed by atoms with Crippen molar-refractivity contribution in [1.29, 1.82) is 0 Å². The molecule has 5 heteroatoms. The van der Waals surface area contributed by atoms with Crippen molar-refractivity contribution in [3.8, 4) is 0 Å². The quantitative estimate of drug-likeness (QED) is 0.828. The van der Waals surface area contributed by atoms with Gasteiger partial charge in [0, 0.05) is 44.6 Å². The van der Waals surface area contributed by atoms with Crippen LogP contribution < -0.4 is 0 Å². The first-order valence-electron chi connectivity index (χ1n) is 8.91. The number of aromatic nitrogens is 1. The number of carbonyl (C=O) groups excluding carboxylic acids is 1. The van der Waals surface area contributed by atoms with Gasteiger partial charge in [-0.1, -0.05) is 35.9 Å². The summed E-state index contributed by atoms with van der Waals surface area (Å²) in [4.78, 5) is 21.2. The van der Waals surface area contributed by atoms with Crippen molar-refractivity contribution < 1.29 is 4.79 Å². The van der Waals surface area contributed by atoms with Gasteiger partial charge in [-0.2, -0.15) is 0 Å². The van der Waals surface area contributed by atoms with Gasteiger partial charge >= 0.3 is 0 Å². The van der Waals surface area contributed by atoms with Crippen LogP contribution in [0.5, 0.6) is 0 Å². The van der Waals surface area contributed by atoms with Crippen LogP contribution in [0.2, 0.25) is 5.02 Å². The van der Waals surface area contributed by atoms with Crippen LogP contribution in [0.25, 0.3) is 0 Å². The van der Waals surface area contributed by atoms with Crippen LogP contribution in [-0.2, 0) is 13.0 Å². The van der Waals surface area contributed by atoms with Gasteiger partial charge in [-0.3, -0.25) is 14.7 Å². The van der Waals surface area contributed by atoms with E-state index in [9.17, 15) is 4.79 Å². The van der Waals surface area contributed by atoms with Crippen molar-refractivity contribution in [2.45, 2.75) is 31.8 Å². The number of piperidine rings is 1. The van der Waals surface area contributed by atoms with Crippen molar-refractivity contribution in [3.05, 3.63) is 64.4 Å². The molecule has 4 rings (SSSR count). The third-order valence-corrected chi connectivity index (χ3v) is 5.59. The van der Waals surface area contributed by atoms with Crippen molar-refractivity contribution in [2.75, 3.05) is 19.6 Å². The van der Waals surface area contributed by atoms with E-state index in [2.05, 4.69) is 34.1 Å². The molecule has 0 saturated carbocycles. The number of pyridine rings is 1. The number of hydrogen-bond acceptors (Lipinski definition) is 3. The summed E-state index contributed by atoms with van der Waals surface area (Å²) < 4.78 is 0. The van der Waals surface area contributed by atoms with E-state index in [1.54, 1.807) is 18.5 Å². The van der Waals surface area contributed by atoms with Gasteiger partial charge in [0.25, 0.3) is 5.91 Å². The maximum absolute atomic E-state index is 12.6. The molecule has 1 fully saturated rings. The van der Waals surface area contributed by atoms with Crippen LogP contribution in [0.1, 0.15) is 34.3 Å². The average molecular weight is 356 g/mol. The molecular formula is C20H22ClN3O. The van der Waals surface area contributed by atoms with E-state index < -0.39 is 0 Å². The van der Waals surface area contributed by atoms with Crippen molar-refractivity contribution >= 4 is 17.5 Å². The van der Waals surface area contributed by atoms with Crippen LogP contribution in [0.4, 0.5) is 0 Å². The highest BCUT2D eigenvalue weighted by Gasteiger charge is 2.29. The summed E-state index contributed by atoms with van der Waals surface area (Å²) in [5.41, 5.74) is 3.52. The van der Waals surface area contributed by atoms with E-state index in [1.807, 2.05) is 4.90 Å². The number of halogens is 1. The van der Waals surface area contributed by atoms with E-state index in [0.29, 0.717) is 16.6 Å². The number of benzene rings is 1. The highest BCUT2D eigenvalue weighted by atomic mass is 35.5. The normalized spacial score (nSPS) is 18.8. The van der Waals surface area contributed by atoms with Gasteiger partial charge in [0.1, 0.15) is 0 Å². The fourth-order valence-corrected chi connectivity index (χ4v) is 4.15. The van der Waals surface area contributed by atoms with E-state index in [1.165, 1.54) is 11.1 Å². The number of fused-ring (bicyclic) bond motifs is 1. The smallest absolute Gasteiger partial charge is 0.255 e. The third-order valence-electron chi connectivity index (χ3n) is 5.38. The zero-order valence-corrected chi connectivity index (χ0v) is 15.0. The molecule has 1 aromatic heterocycles. The Morgan fingerprint density at radius 3 is 2.60 bits per heavy atom. The second-order valence-electron chi connectivity index (χ2n) is 6.90. The Morgan fingerprint density at radius 1 is 1.08 bits per heavy atom. The molecule has 3 heterocycles. The Kier molecular flexibility index (Phi) is 4.73. The molecule has 1 saturated heterocycles. The van der Waals surface area contributed by atoms with Crippen LogP contribution in [-0.4, -0.2) is 46.4 Å². The predicted molar refractivity (Wildman–Crippen MR) is 98.7 cm³/mol. The zero-order valence-electron chi connectivity index (χ0n) is 14.2. The Hall–Kier alpha value is -1.91. The molecule has 2 aromatic rings. The number of likely N-dealkylation sites (tertiary alicyclic amines) is 1. The van der Waals surface area contributed by atoms with Crippen LogP contribution in [0, 0.1) is 0 Å². The number of rotatable bonds is 2. The van der Waals surface area contributed by atoms with Gasteiger partial charge in [-0.15, -0.1) is 0 Å². The molecule has 0 radical (unpaired) electrons. The average Bonchev–Trinajstić information content (AvgIpc) is 2.67. The summed E-state index contributed by atoms with van der Waals surface area (Å²) in [6, 6.07) is 11.0. The number of amides is 1. The minimum atomic E-state index is 0.0393. The summed E-state index contributed by atoms with van der Waals surface area (Å²) in [7, 11) is 0. The Balaban J connectivity index is 1.37. The summed E-state index contributed by atoms with van der Waals surface area (Å²) >= 11 is 5.95. The molecule has 1 aromatic carbocycles. The third kappa shape index (κ3) is 3.55. The minimum Gasteiger partial charge on any atom is -0.338 e. The molecule has 1 amide bonds. The van der Waals surface area contributed by atoms with Gasteiger partial charge in [0.15, 0.2) is 0 Å². The van der Waals surface area contributed by atoms with E-state index >= 15 is 0 Å². The molecule has 0 aliphatic carbocycles.